The van der Waals surface area contributed by atoms with E-state index in [-0.39, 0.29) is 24.0 Å². The fourth-order valence-electron chi connectivity index (χ4n) is 2.64. The zero-order valence-corrected chi connectivity index (χ0v) is 20.2. The Morgan fingerprint density at radius 1 is 1.00 bits per heavy atom. The number of benzene rings is 1. The van der Waals surface area contributed by atoms with Crippen LogP contribution in [0.25, 0.3) is 0 Å². The Balaban J connectivity index is 0.00000729. The highest BCUT2D eigenvalue weighted by atomic mass is 127. The Kier molecular flexibility index (Phi) is 17.1. The molecule has 0 aromatic heterocycles. The van der Waals surface area contributed by atoms with E-state index in [2.05, 4.69) is 34.7 Å². The van der Waals surface area contributed by atoms with Crippen molar-refractivity contribution in [2.75, 3.05) is 46.6 Å². The van der Waals surface area contributed by atoms with E-state index in [0.29, 0.717) is 6.61 Å². The van der Waals surface area contributed by atoms with Crippen molar-refractivity contribution in [2.45, 2.75) is 46.5 Å². The maximum atomic E-state index is 5.64. The summed E-state index contributed by atoms with van der Waals surface area (Å²) in [6, 6.07) is 6.12. The van der Waals surface area contributed by atoms with Crippen LogP contribution in [0.1, 0.15) is 45.6 Å². The molecule has 7 heteroatoms. The van der Waals surface area contributed by atoms with Crippen LogP contribution in [0.2, 0.25) is 0 Å². The number of guanidine groups is 1. The molecule has 1 rings (SSSR count). The highest BCUT2D eigenvalue weighted by Gasteiger charge is 2.05. The molecule has 6 nitrogen and oxygen atoms in total. The van der Waals surface area contributed by atoms with Crippen LogP contribution in [0.3, 0.4) is 0 Å². The van der Waals surface area contributed by atoms with Gasteiger partial charge in [0.2, 0.25) is 0 Å². The maximum absolute atomic E-state index is 5.64. The Morgan fingerprint density at radius 3 is 2.50 bits per heavy atom. The van der Waals surface area contributed by atoms with Crippen LogP contribution in [-0.2, 0) is 11.2 Å². The molecule has 2 N–H and O–H groups in total. The predicted octanol–water partition coefficient (Wildman–Crippen LogP) is 4.02. The zero-order chi connectivity index (χ0) is 19.7. The molecule has 1 aromatic carbocycles. The third-order valence-corrected chi connectivity index (χ3v) is 3.98. The summed E-state index contributed by atoms with van der Waals surface area (Å²) in [6.07, 6.45) is 4.09. The number of unbranched alkanes of at least 4 members (excludes halogenated alkanes) is 1. The molecule has 0 radical (unpaired) electrons. The van der Waals surface area contributed by atoms with E-state index in [9.17, 15) is 0 Å². The fourth-order valence-corrected chi connectivity index (χ4v) is 2.64. The molecular weight excluding hydrogens is 469 g/mol. The highest BCUT2D eigenvalue weighted by molar-refractivity contribution is 14.0. The van der Waals surface area contributed by atoms with Gasteiger partial charge in [0.25, 0.3) is 0 Å². The van der Waals surface area contributed by atoms with Gasteiger partial charge in [-0.2, -0.15) is 0 Å². The highest BCUT2D eigenvalue weighted by Crippen LogP contribution is 2.28. The van der Waals surface area contributed by atoms with Gasteiger partial charge < -0.3 is 24.8 Å². The van der Waals surface area contributed by atoms with Crippen LogP contribution >= 0.6 is 24.0 Å². The number of nitrogens with zero attached hydrogens (tertiary/aromatic N) is 1. The first-order valence-electron chi connectivity index (χ1n) is 10.1. The average molecular weight is 507 g/mol. The van der Waals surface area contributed by atoms with Crippen molar-refractivity contribution in [1.29, 1.82) is 0 Å². The number of ether oxygens (including phenoxy) is 3. The Bertz CT molecular complexity index is 542. The van der Waals surface area contributed by atoms with Gasteiger partial charge in [0.15, 0.2) is 17.5 Å². The summed E-state index contributed by atoms with van der Waals surface area (Å²) in [6.45, 7) is 10.9. The van der Waals surface area contributed by atoms with Gasteiger partial charge in [0.1, 0.15) is 0 Å². The van der Waals surface area contributed by atoms with Crippen molar-refractivity contribution in [3.05, 3.63) is 23.8 Å². The van der Waals surface area contributed by atoms with Crippen LogP contribution in [0.15, 0.2) is 23.2 Å². The Labute approximate surface area is 187 Å². The number of hydrogen-bond acceptors (Lipinski definition) is 4. The van der Waals surface area contributed by atoms with Crippen molar-refractivity contribution >= 4 is 29.9 Å². The van der Waals surface area contributed by atoms with Crippen LogP contribution in [0, 0.1) is 0 Å². The molecule has 0 aliphatic rings. The molecule has 1 aromatic rings. The van der Waals surface area contributed by atoms with Gasteiger partial charge in [-0.25, -0.2) is 0 Å². The van der Waals surface area contributed by atoms with Gasteiger partial charge in [-0.15, -0.1) is 24.0 Å². The van der Waals surface area contributed by atoms with E-state index < -0.39 is 0 Å². The first-order chi connectivity index (χ1) is 13.2. The first-order valence-corrected chi connectivity index (χ1v) is 10.1. The normalized spacial score (nSPS) is 10.9. The summed E-state index contributed by atoms with van der Waals surface area (Å²) in [5.74, 6) is 2.48. The zero-order valence-electron chi connectivity index (χ0n) is 17.9. The van der Waals surface area contributed by atoms with E-state index in [1.165, 1.54) is 5.56 Å². The van der Waals surface area contributed by atoms with Crippen molar-refractivity contribution < 1.29 is 14.2 Å². The second-order valence-corrected chi connectivity index (χ2v) is 6.11. The second kappa shape index (κ2) is 17.8. The van der Waals surface area contributed by atoms with Gasteiger partial charge in [0, 0.05) is 32.8 Å². The molecule has 0 saturated heterocycles. The van der Waals surface area contributed by atoms with E-state index in [1.54, 1.807) is 7.11 Å². The van der Waals surface area contributed by atoms with E-state index in [1.807, 2.05) is 19.9 Å². The number of aryl methyl sites for hydroxylation is 1. The monoisotopic (exact) mass is 507 g/mol. The number of hydrogen-bond donors (Lipinski definition) is 2. The van der Waals surface area contributed by atoms with Crippen molar-refractivity contribution in [3.63, 3.8) is 0 Å². The van der Waals surface area contributed by atoms with Gasteiger partial charge in [-0.05, 0) is 64.2 Å². The lowest BCUT2D eigenvalue weighted by Crippen LogP contribution is -2.38. The van der Waals surface area contributed by atoms with Gasteiger partial charge in [-0.1, -0.05) is 6.07 Å². The van der Waals surface area contributed by atoms with Gasteiger partial charge in [0.05, 0.1) is 13.7 Å². The summed E-state index contributed by atoms with van der Waals surface area (Å²) < 4.78 is 16.3. The molecule has 0 fully saturated rings. The maximum Gasteiger partial charge on any atom is 0.191 e. The third kappa shape index (κ3) is 11.6. The molecule has 0 aliphatic heterocycles. The van der Waals surface area contributed by atoms with Crippen LogP contribution in [0.5, 0.6) is 11.5 Å². The predicted molar refractivity (Wildman–Crippen MR) is 128 cm³/mol. The summed E-state index contributed by atoms with van der Waals surface area (Å²) in [5, 5.41) is 6.68. The molecule has 0 saturated carbocycles. The average Bonchev–Trinajstić information content (AvgIpc) is 2.68. The summed E-state index contributed by atoms with van der Waals surface area (Å²) >= 11 is 0. The molecule has 0 heterocycles. The molecule has 0 amide bonds. The summed E-state index contributed by atoms with van der Waals surface area (Å²) in [7, 11) is 1.67. The molecular formula is C21H38IN3O3. The van der Waals surface area contributed by atoms with Crippen molar-refractivity contribution in [2.24, 2.45) is 4.99 Å². The van der Waals surface area contributed by atoms with E-state index in [4.69, 9.17) is 14.2 Å². The lowest BCUT2D eigenvalue weighted by atomic mass is 10.1. The van der Waals surface area contributed by atoms with Gasteiger partial charge in [-0.3, -0.25) is 4.99 Å². The number of aliphatic imine (C=N–C) groups is 1. The van der Waals surface area contributed by atoms with Crippen LogP contribution < -0.4 is 20.1 Å². The molecule has 0 bridgehead atoms. The third-order valence-electron chi connectivity index (χ3n) is 3.98. The minimum absolute atomic E-state index is 0. The molecule has 162 valence electrons. The second-order valence-electron chi connectivity index (χ2n) is 6.11. The lowest BCUT2D eigenvalue weighted by Gasteiger charge is -2.12. The molecule has 0 aliphatic carbocycles. The molecule has 0 atom stereocenters. The summed E-state index contributed by atoms with van der Waals surface area (Å²) in [5.41, 5.74) is 1.24. The number of nitrogens with one attached hydrogen (secondary N) is 2. The van der Waals surface area contributed by atoms with Gasteiger partial charge >= 0.3 is 0 Å². The number of methoxy groups -OCH3 is 1. The lowest BCUT2D eigenvalue weighted by molar-refractivity contribution is 0.143. The standard InChI is InChI=1S/C21H37N3O3.HI/c1-5-22-21(23-14-8-9-16-26-6-2)24-15-10-11-18-12-13-19(25-4)20(17-18)27-7-3;/h12-13,17H,5-11,14-16H2,1-4H3,(H2,22,23,24);1H. The Morgan fingerprint density at radius 2 is 1.82 bits per heavy atom. The minimum atomic E-state index is 0. The van der Waals surface area contributed by atoms with Crippen LogP contribution in [-0.4, -0.2) is 52.5 Å². The molecule has 28 heavy (non-hydrogen) atoms. The molecule has 0 spiro atoms. The van der Waals surface area contributed by atoms with E-state index in [0.717, 1.165) is 76.0 Å². The first kappa shape index (κ1) is 26.8. The molecule has 0 unspecified atom stereocenters. The fraction of sp³-hybridized carbons (Fsp3) is 0.667. The van der Waals surface area contributed by atoms with E-state index >= 15 is 0 Å². The summed E-state index contributed by atoms with van der Waals surface area (Å²) in [4.78, 5) is 4.66. The Hall–Kier alpha value is -1.22. The van der Waals surface area contributed by atoms with Crippen molar-refractivity contribution in [1.82, 2.24) is 10.6 Å². The SMILES string of the molecule is CCNC(=NCCCc1ccc(OC)c(OCC)c1)NCCCCOCC.I. The quantitative estimate of drug-likeness (QED) is 0.173. The van der Waals surface area contributed by atoms with Crippen molar-refractivity contribution in [3.8, 4) is 11.5 Å². The number of halogens is 1. The largest absolute Gasteiger partial charge is 0.493 e. The van der Waals surface area contributed by atoms with Crippen LogP contribution in [0.4, 0.5) is 0 Å². The number of rotatable bonds is 14. The minimum Gasteiger partial charge on any atom is -0.493 e. The topological polar surface area (TPSA) is 64.1 Å². The smallest absolute Gasteiger partial charge is 0.191 e.